The smallest absolute Gasteiger partial charge is 0.407 e. The average molecular weight is 287 g/mol. The number of hydrogen-bond donors (Lipinski definition) is 3. The molecule has 0 spiro atoms. The lowest BCUT2D eigenvalue weighted by Crippen LogP contribution is -2.48. The number of amides is 1. The molecule has 4 N–H and O–H groups in total. The van der Waals surface area contributed by atoms with Crippen molar-refractivity contribution in [1.29, 1.82) is 0 Å². The number of thiocarbonyl (C=S) groups is 1. The van der Waals surface area contributed by atoms with E-state index < -0.39 is 6.09 Å². The molecular weight excluding hydrogens is 262 g/mol. The molecule has 0 aliphatic heterocycles. The Morgan fingerprint density at radius 2 is 1.89 bits per heavy atom. The van der Waals surface area contributed by atoms with Gasteiger partial charge in [0.1, 0.15) is 0 Å². The first-order valence-corrected chi connectivity index (χ1v) is 7.17. The van der Waals surface area contributed by atoms with Crippen LogP contribution in [0, 0.1) is 5.92 Å². The molecule has 1 rings (SSSR count). The van der Waals surface area contributed by atoms with Gasteiger partial charge in [-0.3, -0.25) is 0 Å². The Kier molecular flexibility index (Phi) is 5.40. The van der Waals surface area contributed by atoms with E-state index in [4.69, 9.17) is 18.0 Å². The fourth-order valence-electron chi connectivity index (χ4n) is 2.59. The highest BCUT2D eigenvalue weighted by atomic mass is 32.1. The van der Waals surface area contributed by atoms with Gasteiger partial charge in [0.25, 0.3) is 0 Å². The molecule has 19 heavy (non-hydrogen) atoms. The molecule has 0 aromatic rings. The molecule has 110 valence electrons. The highest BCUT2D eigenvalue weighted by molar-refractivity contribution is 7.80. The van der Waals surface area contributed by atoms with Gasteiger partial charge >= 0.3 is 6.09 Å². The number of hydrogen-bond acceptors (Lipinski definition) is 2. The molecule has 0 atom stereocenters. The van der Waals surface area contributed by atoms with Crippen molar-refractivity contribution >= 4 is 23.4 Å². The molecule has 0 aromatic carbocycles. The quantitative estimate of drug-likeness (QED) is 0.693. The summed E-state index contributed by atoms with van der Waals surface area (Å²) in [6, 6.07) is 0.349. The zero-order valence-corrected chi connectivity index (χ0v) is 12.8. The summed E-state index contributed by atoms with van der Waals surface area (Å²) in [4.78, 5) is 12.9. The van der Waals surface area contributed by atoms with Crippen LogP contribution in [0.2, 0.25) is 0 Å². The Balaban J connectivity index is 2.47. The van der Waals surface area contributed by atoms with Crippen molar-refractivity contribution in [3.05, 3.63) is 0 Å². The molecule has 0 radical (unpaired) electrons. The summed E-state index contributed by atoms with van der Waals surface area (Å²) in [6.45, 7) is 6.40. The summed E-state index contributed by atoms with van der Waals surface area (Å²) < 4.78 is 0. The third-order valence-electron chi connectivity index (χ3n) is 3.67. The van der Waals surface area contributed by atoms with Crippen LogP contribution in [-0.4, -0.2) is 39.3 Å². The van der Waals surface area contributed by atoms with Gasteiger partial charge in [-0.15, -0.1) is 0 Å². The Bertz CT molecular complexity index is 333. The Morgan fingerprint density at radius 1 is 1.37 bits per heavy atom. The number of nitrogens with one attached hydrogen (secondary N) is 1. The van der Waals surface area contributed by atoms with Crippen LogP contribution in [0.3, 0.4) is 0 Å². The second-order valence-corrected chi connectivity index (χ2v) is 6.73. The Hall–Kier alpha value is -1.04. The first-order valence-electron chi connectivity index (χ1n) is 6.76. The van der Waals surface area contributed by atoms with Gasteiger partial charge in [-0.2, -0.15) is 0 Å². The van der Waals surface area contributed by atoms with Crippen molar-refractivity contribution in [2.45, 2.75) is 58.0 Å². The molecule has 1 amide bonds. The van der Waals surface area contributed by atoms with Gasteiger partial charge in [0.2, 0.25) is 0 Å². The van der Waals surface area contributed by atoms with Gasteiger partial charge in [-0.25, -0.2) is 4.79 Å². The zero-order chi connectivity index (χ0) is 14.6. The normalized spacial score (nSPS) is 23.7. The maximum atomic E-state index is 11.3. The van der Waals surface area contributed by atoms with E-state index >= 15 is 0 Å². The molecular formula is C13H25N3O2S. The van der Waals surface area contributed by atoms with E-state index in [2.05, 4.69) is 5.32 Å². The monoisotopic (exact) mass is 287 g/mol. The van der Waals surface area contributed by atoms with Gasteiger partial charge in [-0.1, -0.05) is 0 Å². The zero-order valence-electron chi connectivity index (χ0n) is 12.0. The van der Waals surface area contributed by atoms with E-state index in [1.54, 1.807) is 4.90 Å². The van der Waals surface area contributed by atoms with Crippen molar-refractivity contribution in [3.63, 3.8) is 0 Å². The van der Waals surface area contributed by atoms with Crippen molar-refractivity contribution < 1.29 is 9.90 Å². The van der Waals surface area contributed by atoms with E-state index in [0.717, 1.165) is 25.7 Å². The van der Waals surface area contributed by atoms with E-state index in [0.29, 0.717) is 23.6 Å². The van der Waals surface area contributed by atoms with Crippen molar-refractivity contribution in [2.24, 2.45) is 11.7 Å². The summed E-state index contributed by atoms with van der Waals surface area (Å²) in [7, 11) is 0. The molecule has 1 aliphatic carbocycles. The Morgan fingerprint density at radius 3 is 2.26 bits per heavy atom. The second kappa shape index (κ2) is 6.41. The van der Waals surface area contributed by atoms with Gasteiger partial charge in [0.05, 0.1) is 0 Å². The largest absolute Gasteiger partial charge is 0.465 e. The molecule has 1 fully saturated rings. The van der Waals surface area contributed by atoms with Gasteiger partial charge in [0, 0.05) is 18.1 Å². The molecule has 0 bridgehead atoms. The molecule has 1 saturated carbocycles. The molecule has 1 aliphatic rings. The lowest BCUT2D eigenvalue weighted by atomic mass is 9.85. The van der Waals surface area contributed by atoms with E-state index in [-0.39, 0.29) is 5.54 Å². The fraction of sp³-hybridized carbons (Fsp3) is 0.846. The van der Waals surface area contributed by atoms with E-state index in [9.17, 15) is 9.90 Å². The van der Waals surface area contributed by atoms with Crippen LogP contribution >= 0.6 is 12.2 Å². The topological polar surface area (TPSA) is 78.6 Å². The van der Waals surface area contributed by atoms with Crippen LogP contribution in [0.15, 0.2) is 0 Å². The first-order chi connectivity index (χ1) is 8.70. The van der Waals surface area contributed by atoms with Gasteiger partial charge in [-0.05, 0) is 64.6 Å². The van der Waals surface area contributed by atoms with Crippen molar-refractivity contribution in [3.8, 4) is 0 Å². The van der Waals surface area contributed by atoms with Crippen LogP contribution < -0.4 is 11.1 Å². The minimum Gasteiger partial charge on any atom is -0.465 e. The maximum Gasteiger partial charge on any atom is 0.407 e. The molecule has 0 heterocycles. The number of nitrogens with two attached hydrogens (primary N) is 1. The summed E-state index contributed by atoms with van der Waals surface area (Å²) in [5, 5.41) is 12.7. The summed E-state index contributed by atoms with van der Waals surface area (Å²) in [5.74, 6) is 0.430. The summed E-state index contributed by atoms with van der Waals surface area (Å²) in [5.41, 5.74) is 5.12. The van der Waals surface area contributed by atoms with Crippen molar-refractivity contribution in [2.75, 3.05) is 6.54 Å². The third kappa shape index (κ3) is 5.22. The Labute approximate surface area is 120 Å². The van der Waals surface area contributed by atoms with Crippen LogP contribution in [0.1, 0.15) is 46.5 Å². The van der Waals surface area contributed by atoms with Crippen molar-refractivity contribution in [1.82, 2.24) is 10.2 Å². The highest BCUT2D eigenvalue weighted by Crippen LogP contribution is 2.27. The standard InChI is InChI=1S/C13H25N3O2S/c1-13(2,3)16(12(17)18)8-9-4-6-10(7-5-9)15-11(14)19/h9-10H,4-8H2,1-3H3,(H,17,18)(H3,14,15,19). The number of rotatable bonds is 3. The number of carbonyl (C=O) groups is 1. The lowest BCUT2D eigenvalue weighted by molar-refractivity contribution is 0.0818. The fourth-order valence-corrected chi connectivity index (χ4v) is 2.75. The van der Waals surface area contributed by atoms with Crippen LogP contribution in [0.5, 0.6) is 0 Å². The van der Waals surface area contributed by atoms with Gasteiger partial charge in [0.15, 0.2) is 5.11 Å². The molecule has 6 heteroatoms. The lowest BCUT2D eigenvalue weighted by Gasteiger charge is -2.38. The number of nitrogens with zero attached hydrogens (tertiary/aromatic N) is 1. The predicted molar refractivity (Wildman–Crippen MR) is 80.2 cm³/mol. The van der Waals surface area contributed by atoms with E-state index in [1.165, 1.54) is 0 Å². The highest BCUT2D eigenvalue weighted by Gasteiger charge is 2.30. The second-order valence-electron chi connectivity index (χ2n) is 6.29. The average Bonchev–Trinajstić information content (AvgIpc) is 2.25. The summed E-state index contributed by atoms with van der Waals surface area (Å²) in [6.07, 6.45) is 3.19. The first kappa shape index (κ1) is 16.0. The van der Waals surface area contributed by atoms with Crippen LogP contribution in [-0.2, 0) is 0 Å². The SMILES string of the molecule is CC(C)(C)N(CC1CCC(NC(N)=S)CC1)C(=O)O. The van der Waals surface area contributed by atoms with Gasteiger partial charge < -0.3 is 21.1 Å². The van der Waals surface area contributed by atoms with Crippen LogP contribution in [0.4, 0.5) is 4.79 Å². The minimum atomic E-state index is -0.837. The van der Waals surface area contributed by atoms with E-state index in [1.807, 2.05) is 20.8 Å². The minimum absolute atomic E-state index is 0.347. The third-order valence-corrected chi connectivity index (χ3v) is 3.79. The molecule has 5 nitrogen and oxygen atoms in total. The maximum absolute atomic E-state index is 11.3. The predicted octanol–water partition coefficient (Wildman–Crippen LogP) is 2.16. The summed E-state index contributed by atoms with van der Waals surface area (Å²) >= 11 is 4.84. The van der Waals surface area contributed by atoms with Crippen LogP contribution in [0.25, 0.3) is 0 Å². The molecule has 0 aromatic heterocycles. The number of carboxylic acid groups (broad SMARTS) is 1. The molecule has 0 saturated heterocycles. The molecule has 0 unspecified atom stereocenters.